The molecule has 9 heteroatoms. The topological polar surface area (TPSA) is 71.2 Å². The summed E-state index contributed by atoms with van der Waals surface area (Å²) in [5.41, 5.74) is 0.145. The number of carbonyl (C=O) groups is 2. The molecule has 1 heterocycles. The van der Waals surface area contributed by atoms with Crippen LogP contribution >= 0.6 is 15.9 Å². The average molecular weight is 469 g/mol. The molecule has 0 saturated carbocycles. The van der Waals surface area contributed by atoms with E-state index in [4.69, 9.17) is 4.74 Å². The number of aromatic nitrogens is 1. The van der Waals surface area contributed by atoms with E-state index in [0.717, 1.165) is 16.6 Å². The molecule has 2 aromatic carbocycles. The number of esters is 1. The molecule has 152 valence electrons. The maximum atomic E-state index is 12.9. The standard InChI is InChI=1S/C20H16BrF3N2O3/c1-29-18(27)10-16(11-3-2-4-14(21)7-11)26-19(28)17-8-12-5-6-13(20(22,23)24)9-15(12)25-17/h2-9,16,25H,10H2,1H3,(H,26,28). The number of hydrogen-bond donors (Lipinski definition) is 2. The Morgan fingerprint density at radius 1 is 1.17 bits per heavy atom. The first-order valence-electron chi connectivity index (χ1n) is 8.50. The highest BCUT2D eigenvalue weighted by Gasteiger charge is 2.30. The lowest BCUT2D eigenvalue weighted by Crippen LogP contribution is -2.30. The van der Waals surface area contributed by atoms with E-state index in [9.17, 15) is 22.8 Å². The summed E-state index contributed by atoms with van der Waals surface area (Å²) < 4.78 is 44.1. The maximum Gasteiger partial charge on any atom is 0.416 e. The number of nitrogens with one attached hydrogen (secondary N) is 2. The van der Waals surface area contributed by atoms with Gasteiger partial charge in [0.05, 0.1) is 25.1 Å². The van der Waals surface area contributed by atoms with Crippen molar-refractivity contribution in [3.05, 3.63) is 69.8 Å². The molecular formula is C20H16BrF3N2O3. The van der Waals surface area contributed by atoms with Crippen molar-refractivity contribution in [1.29, 1.82) is 0 Å². The third kappa shape index (κ3) is 4.97. The molecule has 0 aliphatic carbocycles. The number of halogens is 4. The Kier molecular flexibility index (Phi) is 5.97. The molecule has 1 unspecified atom stereocenters. The molecule has 5 nitrogen and oxygen atoms in total. The van der Waals surface area contributed by atoms with Gasteiger partial charge in [-0.05, 0) is 35.9 Å². The lowest BCUT2D eigenvalue weighted by molar-refractivity contribution is -0.141. The van der Waals surface area contributed by atoms with Crippen LogP contribution in [0.4, 0.5) is 13.2 Å². The Bertz CT molecular complexity index is 1060. The fraction of sp³-hybridized carbons (Fsp3) is 0.200. The van der Waals surface area contributed by atoms with Crippen LogP contribution in [0.25, 0.3) is 10.9 Å². The van der Waals surface area contributed by atoms with Crippen molar-refractivity contribution in [2.45, 2.75) is 18.6 Å². The minimum absolute atomic E-state index is 0.0872. The Balaban J connectivity index is 1.88. The number of H-pyrrole nitrogens is 1. The van der Waals surface area contributed by atoms with Crippen molar-refractivity contribution in [1.82, 2.24) is 10.3 Å². The number of rotatable bonds is 5. The third-order valence-electron chi connectivity index (χ3n) is 4.35. The lowest BCUT2D eigenvalue weighted by atomic mass is 10.0. The zero-order valence-corrected chi connectivity index (χ0v) is 16.7. The number of carbonyl (C=O) groups excluding carboxylic acids is 2. The largest absolute Gasteiger partial charge is 0.469 e. The van der Waals surface area contributed by atoms with Crippen LogP contribution in [0.5, 0.6) is 0 Å². The summed E-state index contributed by atoms with van der Waals surface area (Å²) in [4.78, 5) is 27.2. The molecule has 0 spiro atoms. The van der Waals surface area contributed by atoms with E-state index in [1.165, 1.54) is 19.2 Å². The number of hydrogen-bond acceptors (Lipinski definition) is 3. The van der Waals surface area contributed by atoms with Crippen molar-refractivity contribution in [3.63, 3.8) is 0 Å². The van der Waals surface area contributed by atoms with E-state index in [1.807, 2.05) is 0 Å². The van der Waals surface area contributed by atoms with Gasteiger partial charge in [0.25, 0.3) is 5.91 Å². The monoisotopic (exact) mass is 468 g/mol. The highest BCUT2D eigenvalue weighted by Crippen LogP contribution is 2.31. The summed E-state index contributed by atoms with van der Waals surface area (Å²) >= 11 is 3.34. The van der Waals surface area contributed by atoms with Crippen LogP contribution in [0.3, 0.4) is 0 Å². The quantitative estimate of drug-likeness (QED) is 0.518. The van der Waals surface area contributed by atoms with E-state index in [2.05, 4.69) is 26.2 Å². The normalized spacial score (nSPS) is 12.6. The zero-order valence-electron chi connectivity index (χ0n) is 15.1. The summed E-state index contributed by atoms with van der Waals surface area (Å²) in [6.07, 6.45) is -4.58. The Labute approximate surface area is 172 Å². The fourth-order valence-corrected chi connectivity index (χ4v) is 3.30. The Morgan fingerprint density at radius 2 is 1.93 bits per heavy atom. The molecule has 2 N–H and O–H groups in total. The second kappa shape index (κ2) is 8.28. The van der Waals surface area contributed by atoms with Crippen molar-refractivity contribution >= 4 is 38.7 Å². The maximum absolute atomic E-state index is 12.9. The summed E-state index contributed by atoms with van der Waals surface area (Å²) in [6, 6.07) is 11.1. The molecule has 0 bridgehead atoms. The number of ether oxygens (including phenoxy) is 1. The second-order valence-electron chi connectivity index (χ2n) is 6.34. The van der Waals surface area contributed by atoms with Gasteiger partial charge in [0.2, 0.25) is 0 Å². The summed E-state index contributed by atoms with van der Waals surface area (Å²) in [7, 11) is 1.25. The van der Waals surface area contributed by atoms with Crippen LogP contribution in [0.15, 0.2) is 53.0 Å². The van der Waals surface area contributed by atoms with Crippen LogP contribution in [0.1, 0.15) is 34.1 Å². The van der Waals surface area contributed by atoms with Crippen LogP contribution in [0, 0.1) is 0 Å². The smallest absolute Gasteiger partial charge is 0.416 e. The molecule has 0 saturated heterocycles. The molecule has 1 aromatic heterocycles. The van der Waals surface area contributed by atoms with Crippen LogP contribution < -0.4 is 5.32 Å². The zero-order chi connectivity index (χ0) is 21.2. The molecule has 3 rings (SSSR count). The number of benzene rings is 2. The highest BCUT2D eigenvalue weighted by molar-refractivity contribution is 9.10. The molecule has 1 amide bonds. The van der Waals surface area contributed by atoms with Gasteiger partial charge in [-0.2, -0.15) is 13.2 Å². The van der Waals surface area contributed by atoms with Gasteiger partial charge in [0.15, 0.2) is 0 Å². The number of aromatic amines is 1. The van der Waals surface area contributed by atoms with Crippen LogP contribution in [-0.2, 0) is 15.7 Å². The summed E-state index contributed by atoms with van der Waals surface area (Å²) in [5.74, 6) is -1.06. The third-order valence-corrected chi connectivity index (χ3v) is 4.84. The molecule has 0 aliphatic heterocycles. The van der Waals surface area contributed by atoms with Gasteiger partial charge < -0.3 is 15.0 Å². The van der Waals surface area contributed by atoms with Crippen LogP contribution in [0.2, 0.25) is 0 Å². The van der Waals surface area contributed by atoms with E-state index in [1.54, 1.807) is 24.3 Å². The molecule has 0 aliphatic rings. The van der Waals surface area contributed by atoms with Crippen molar-refractivity contribution in [2.75, 3.05) is 7.11 Å². The van der Waals surface area contributed by atoms with Gasteiger partial charge in [0, 0.05) is 15.4 Å². The minimum Gasteiger partial charge on any atom is -0.469 e. The van der Waals surface area contributed by atoms with E-state index >= 15 is 0 Å². The van der Waals surface area contributed by atoms with Crippen molar-refractivity contribution in [2.24, 2.45) is 0 Å². The van der Waals surface area contributed by atoms with E-state index in [0.29, 0.717) is 10.9 Å². The first-order chi connectivity index (χ1) is 13.7. The summed E-state index contributed by atoms with van der Waals surface area (Å²) in [5, 5.41) is 3.20. The number of methoxy groups -OCH3 is 1. The predicted molar refractivity (Wildman–Crippen MR) is 104 cm³/mol. The van der Waals surface area contributed by atoms with Gasteiger partial charge in [-0.3, -0.25) is 9.59 Å². The minimum atomic E-state index is -4.48. The SMILES string of the molecule is COC(=O)CC(NC(=O)c1cc2ccc(C(F)(F)F)cc2[nH]1)c1cccc(Br)c1. The number of fused-ring (bicyclic) bond motifs is 1. The average Bonchev–Trinajstić information content (AvgIpc) is 3.10. The van der Waals surface area contributed by atoms with Crippen molar-refractivity contribution < 1.29 is 27.5 Å². The molecule has 0 radical (unpaired) electrons. The first kappa shape index (κ1) is 20.9. The first-order valence-corrected chi connectivity index (χ1v) is 9.30. The fourth-order valence-electron chi connectivity index (χ4n) is 2.89. The predicted octanol–water partition coefficient (Wildman–Crippen LogP) is 4.98. The second-order valence-corrected chi connectivity index (χ2v) is 7.26. The Hall–Kier alpha value is -2.81. The van der Waals surface area contributed by atoms with Gasteiger partial charge >= 0.3 is 12.1 Å². The van der Waals surface area contributed by atoms with E-state index in [-0.39, 0.29) is 17.6 Å². The van der Waals surface area contributed by atoms with E-state index < -0.39 is 29.7 Å². The number of amides is 1. The van der Waals surface area contributed by atoms with Gasteiger partial charge in [-0.25, -0.2) is 0 Å². The van der Waals surface area contributed by atoms with Crippen LogP contribution in [-0.4, -0.2) is 24.0 Å². The molecule has 3 aromatic rings. The van der Waals surface area contributed by atoms with Crippen molar-refractivity contribution in [3.8, 4) is 0 Å². The molecular weight excluding hydrogens is 453 g/mol. The number of alkyl halides is 3. The molecule has 1 atom stereocenters. The lowest BCUT2D eigenvalue weighted by Gasteiger charge is -2.18. The molecule has 0 fully saturated rings. The van der Waals surface area contributed by atoms with Gasteiger partial charge in [-0.15, -0.1) is 0 Å². The molecule has 29 heavy (non-hydrogen) atoms. The highest BCUT2D eigenvalue weighted by atomic mass is 79.9. The van der Waals surface area contributed by atoms with Gasteiger partial charge in [0.1, 0.15) is 5.69 Å². The summed E-state index contributed by atoms with van der Waals surface area (Å²) in [6.45, 7) is 0. The van der Waals surface area contributed by atoms with Gasteiger partial charge in [-0.1, -0.05) is 34.1 Å². The Morgan fingerprint density at radius 3 is 2.59 bits per heavy atom.